The van der Waals surface area contributed by atoms with Crippen LogP contribution in [0.4, 0.5) is 5.69 Å². The standard InChI is InChI=1S/C20H24N2O3/c1-14-4-3-5-18(15(14)2)22-20(23)17-6-9-21-19(12-17)25-13-16-7-10-24-11-8-16/h3-6,9,12,16H,7-8,10-11,13H2,1-2H3,(H,22,23). The number of nitrogens with zero attached hydrogens (tertiary/aromatic N) is 1. The van der Waals surface area contributed by atoms with Gasteiger partial charge in [0.15, 0.2) is 0 Å². The number of hydrogen-bond donors (Lipinski definition) is 1. The molecular formula is C20H24N2O3. The number of hydrogen-bond acceptors (Lipinski definition) is 4. The first-order chi connectivity index (χ1) is 12.1. The molecule has 1 fully saturated rings. The molecule has 1 N–H and O–H groups in total. The molecule has 132 valence electrons. The quantitative estimate of drug-likeness (QED) is 0.900. The Morgan fingerprint density at radius 2 is 2.08 bits per heavy atom. The van der Waals surface area contributed by atoms with Gasteiger partial charge in [0, 0.05) is 36.7 Å². The Labute approximate surface area is 148 Å². The molecule has 3 rings (SSSR count). The van der Waals surface area contributed by atoms with E-state index in [2.05, 4.69) is 10.3 Å². The van der Waals surface area contributed by atoms with Gasteiger partial charge in [0.05, 0.1) is 6.61 Å². The van der Waals surface area contributed by atoms with Crippen LogP contribution in [0.1, 0.15) is 34.3 Å². The highest BCUT2D eigenvalue weighted by Crippen LogP contribution is 2.20. The van der Waals surface area contributed by atoms with Crippen LogP contribution in [-0.2, 0) is 4.74 Å². The molecule has 25 heavy (non-hydrogen) atoms. The molecule has 1 aliphatic rings. The Morgan fingerprint density at radius 3 is 2.88 bits per heavy atom. The third-order valence-corrected chi connectivity index (χ3v) is 4.66. The summed E-state index contributed by atoms with van der Waals surface area (Å²) in [6.07, 6.45) is 3.62. The Bertz CT molecular complexity index is 739. The minimum Gasteiger partial charge on any atom is -0.477 e. The van der Waals surface area contributed by atoms with Crippen LogP contribution in [0, 0.1) is 19.8 Å². The molecular weight excluding hydrogens is 316 g/mol. The fourth-order valence-corrected chi connectivity index (χ4v) is 2.83. The Balaban J connectivity index is 1.63. The fraction of sp³-hybridized carbons (Fsp3) is 0.400. The van der Waals surface area contributed by atoms with Gasteiger partial charge in [-0.1, -0.05) is 12.1 Å². The number of rotatable bonds is 5. The molecule has 0 unspecified atom stereocenters. The highest BCUT2D eigenvalue weighted by atomic mass is 16.5. The summed E-state index contributed by atoms with van der Waals surface area (Å²) in [4.78, 5) is 16.7. The van der Waals surface area contributed by atoms with E-state index in [1.54, 1.807) is 18.3 Å². The number of carbonyl (C=O) groups excluding carboxylic acids is 1. The summed E-state index contributed by atoms with van der Waals surface area (Å²) >= 11 is 0. The first kappa shape index (κ1) is 17.4. The molecule has 0 spiro atoms. The maximum Gasteiger partial charge on any atom is 0.255 e. The Kier molecular flexibility index (Phi) is 5.66. The number of ether oxygens (including phenoxy) is 2. The van der Waals surface area contributed by atoms with Crippen molar-refractivity contribution in [2.24, 2.45) is 5.92 Å². The monoisotopic (exact) mass is 340 g/mol. The van der Waals surface area contributed by atoms with Crippen molar-refractivity contribution in [1.82, 2.24) is 4.98 Å². The summed E-state index contributed by atoms with van der Waals surface area (Å²) in [7, 11) is 0. The highest BCUT2D eigenvalue weighted by molar-refractivity contribution is 6.04. The summed E-state index contributed by atoms with van der Waals surface area (Å²) in [5.74, 6) is 0.815. The second-order valence-corrected chi connectivity index (χ2v) is 6.45. The van der Waals surface area contributed by atoms with Crippen LogP contribution in [0.25, 0.3) is 0 Å². The van der Waals surface area contributed by atoms with Gasteiger partial charge in [0.1, 0.15) is 0 Å². The van der Waals surface area contributed by atoms with E-state index < -0.39 is 0 Å². The summed E-state index contributed by atoms with van der Waals surface area (Å²) < 4.78 is 11.1. The molecule has 1 amide bonds. The van der Waals surface area contributed by atoms with Gasteiger partial charge >= 0.3 is 0 Å². The fourth-order valence-electron chi connectivity index (χ4n) is 2.83. The Morgan fingerprint density at radius 1 is 1.28 bits per heavy atom. The predicted molar refractivity (Wildman–Crippen MR) is 97.1 cm³/mol. The van der Waals surface area contributed by atoms with Crippen molar-refractivity contribution in [3.63, 3.8) is 0 Å². The largest absolute Gasteiger partial charge is 0.477 e. The normalized spacial score (nSPS) is 15.0. The molecule has 0 atom stereocenters. The first-order valence-electron chi connectivity index (χ1n) is 8.67. The molecule has 1 aromatic carbocycles. The molecule has 0 aliphatic carbocycles. The van der Waals surface area contributed by atoms with Gasteiger partial charge in [-0.15, -0.1) is 0 Å². The van der Waals surface area contributed by atoms with Gasteiger partial charge in [-0.25, -0.2) is 4.98 Å². The van der Waals surface area contributed by atoms with Gasteiger partial charge < -0.3 is 14.8 Å². The number of nitrogens with one attached hydrogen (secondary N) is 1. The van der Waals surface area contributed by atoms with E-state index in [4.69, 9.17) is 9.47 Å². The lowest BCUT2D eigenvalue weighted by molar-refractivity contribution is 0.0490. The van der Waals surface area contributed by atoms with Crippen LogP contribution in [-0.4, -0.2) is 30.7 Å². The lowest BCUT2D eigenvalue weighted by Gasteiger charge is -2.21. The third kappa shape index (κ3) is 4.57. The van der Waals surface area contributed by atoms with Crippen LogP contribution in [0.2, 0.25) is 0 Å². The zero-order valence-electron chi connectivity index (χ0n) is 14.7. The minimum absolute atomic E-state index is 0.160. The van der Waals surface area contributed by atoms with Gasteiger partial charge in [-0.05, 0) is 55.9 Å². The minimum atomic E-state index is -0.160. The number of pyridine rings is 1. The molecule has 0 bridgehead atoms. The molecule has 1 saturated heterocycles. The molecule has 5 nitrogen and oxygen atoms in total. The lowest BCUT2D eigenvalue weighted by Crippen LogP contribution is -2.21. The van der Waals surface area contributed by atoms with E-state index >= 15 is 0 Å². The van der Waals surface area contributed by atoms with E-state index in [9.17, 15) is 4.79 Å². The summed E-state index contributed by atoms with van der Waals surface area (Å²) in [6.45, 7) is 6.22. The van der Waals surface area contributed by atoms with Crippen molar-refractivity contribution in [3.05, 3.63) is 53.2 Å². The summed E-state index contributed by atoms with van der Waals surface area (Å²) in [5.41, 5.74) is 3.58. The van der Waals surface area contributed by atoms with Crippen molar-refractivity contribution < 1.29 is 14.3 Å². The average Bonchev–Trinajstić information content (AvgIpc) is 2.65. The maximum atomic E-state index is 12.5. The van der Waals surface area contributed by atoms with Crippen LogP contribution < -0.4 is 10.1 Å². The van der Waals surface area contributed by atoms with E-state index in [0.29, 0.717) is 24.0 Å². The van der Waals surface area contributed by atoms with Gasteiger partial charge in [0.2, 0.25) is 5.88 Å². The van der Waals surface area contributed by atoms with E-state index in [1.807, 2.05) is 32.0 Å². The number of aryl methyl sites for hydroxylation is 1. The number of benzene rings is 1. The van der Waals surface area contributed by atoms with Crippen molar-refractivity contribution in [2.75, 3.05) is 25.1 Å². The second kappa shape index (κ2) is 8.12. The molecule has 2 aromatic rings. The van der Waals surface area contributed by atoms with E-state index in [0.717, 1.165) is 42.9 Å². The van der Waals surface area contributed by atoms with Gasteiger partial charge in [-0.3, -0.25) is 4.79 Å². The number of aromatic nitrogens is 1. The first-order valence-corrected chi connectivity index (χ1v) is 8.67. The van der Waals surface area contributed by atoms with Crippen LogP contribution in [0.3, 0.4) is 0 Å². The molecule has 5 heteroatoms. The highest BCUT2D eigenvalue weighted by Gasteiger charge is 2.15. The number of anilines is 1. The van der Waals surface area contributed by atoms with Crippen LogP contribution in [0.5, 0.6) is 5.88 Å². The molecule has 2 heterocycles. The third-order valence-electron chi connectivity index (χ3n) is 4.66. The predicted octanol–water partition coefficient (Wildman–Crippen LogP) is 3.76. The Hall–Kier alpha value is -2.40. The van der Waals surface area contributed by atoms with Crippen molar-refractivity contribution in [3.8, 4) is 5.88 Å². The summed E-state index contributed by atoms with van der Waals surface area (Å²) in [6, 6.07) is 9.26. The van der Waals surface area contributed by atoms with Crippen LogP contribution in [0.15, 0.2) is 36.5 Å². The van der Waals surface area contributed by atoms with Crippen LogP contribution >= 0.6 is 0 Å². The smallest absolute Gasteiger partial charge is 0.255 e. The molecule has 1 aromatic heterocycles. The summed E-state index contributed by atoms with van der Waals surface area (Å²) in [5, 5.41) is 2.96. The van der Waals surface area contributed by atoms with Crippen molar-refractivity contribution >= 4 is 11.6 Å². The number of amides is 1. The average molecular weight is 340 g/mol. The molecule has 0 saturated carbocycles. The van der Waals surface area contributed by atoms with E-state index in [-0.39, 0.29) is 5.91 Å². The zero-order chi connectivity index (χ0) is 17.6. The topological polar surface area (TPSA) is 60.5 Å². The molecule has 0 radical (unpaired) electrons. The zero-order valence-corrected chi connectivity index (χ0v) is 14.7. The van der Waals surface area contributed by atoms with Gasteiger partial charge in [0.25, 0.3) is 5.91 Å². The van der Waals surface area contributed by atoms with Crippen molar-refractivity contribution in [1.29, 1.82) is 0 Å². The SMILES string of the molecule is Cc1cccc(NC(=O)c2ccnc(OCC3CCOCC3)c2)c1C. The lowest BCUT2D eigenvalue weighted by atomic mass is 10.0. The second-order valence-electron chi connectivity index (χ2n) is 6.45. The van der Waals surface area contributed by atoms with Gasteiger partial charge in [-0.2, -0.15) is 0 Å². The number of carbonyl (C=O) groups is 1. The van der Waals surface area contributed by atoms with E-state index in [1.165, 1.54) is 0 Å². The molecule has 1 aliphatic heterocycles. The maximum absolute atomic E-state index is 12.5. The van der Waals surface area contributed by atoms with Crippen molar-refractivity contribution in [2.45, 2.75) is 26.7 Å².